The maximum Gasteiger partial charge on any atom is -0.00113 e. The second kappa shape index (κ2) is 7.66. The molecule has 0 aromatic heterocycles. The van der Waals surface area contributed by atoms with Crippen LogP contribution in [0.2, 0.25) is 0 Å². The van der Waals surface area contributed by atoms with Gasteiger partial charge in [0, 0.05) is 0 Å². The Hall–Kier alpha value is -3.90. The van der Waals surface area contributed by atoms with Crippen molar-refractivity contribution in [1.29, 1.82) is 0 Å². The molecule has 0 fully saturated rings. The van der Waals surface area contributed by atoms with Crippen molar-refractivity contribution in [3.05, 3.63) is 121 Å². The van der Waals surface area contributed by atoms with Crippen LogP contribution in [0.4, 0.5) is 0 Å². The minimum absolute atomic E-state index is 1.00. The van der Waals surface area contributed by atoms with Gasteiger partial charge in [0.05, 0.1) is 0 Å². The van der Waals surface area contributed by atoms with Gasteiger partial charge < -0.3 is 0 Å². The van der Waals surface area contributed by atoms with E-state index in [1.165, 1.54) is 60.1 Å². The zero-order valence-electron chi connectivity index (χ0n) is 18.2. The van der Waals surface area contributed by atoms with Crippen LogP contribution < -0.4 is 0 Å². The number of hydrogen-bond acceptors (Lipinski definition) is 0. The van der Waals surface area contributed by atoms with E-state index < -0.39 is 0 Å². The van der Waals surface area contributed by atoms with Gasteiger partial charge >= 0.3 is 0 Å². The van der Waals surface area contributed by atoms with Crippen LogP contribution in [-0.4, -0.2) is 0 Å². The van der Waals surface area contributed by atoms with Crippen LogP contribution in [0.3, 0.4) is 0 Å². The second-order valence-corrected chi connectivity index (χ2v) is 8.38. The van der Waals surface area contributed by atoms with Gasteiger partial charge in [-0.1, -0.05) is 122 Å². The smallest absolute Gasteiger partial charge is 0.00113 e. The van der Waals surface area contributed by atoms with Crippen LogP contribution in [0.5, 0.6) is 0 Å². The van der Waals surface area contributed by atoms with Crippen molar-refractivity contribution in [3.63, 3.8) is 0 Å². The quantitative estimate of drug-likeness (QED) is 0.256. The molecule has 0 nitrogen and oxygen atoms in total. The number of aryl methyl sites for hydroxylation is 1. The molecule has 6 aromatic rings. The Morgan fingerprint density at radius 1 is 0.438 bits per heavy atom. The van der Waals surface area contributed by atoms with Crippen molar-refractivity contribution >= 4 is 32.3 Å². The minimum Gasteiger partial charge on any atom is -0.0622 e. The predicted molar refractivity (Wildman–Crippen MR) is 139 cm³/mol. The van der Waals surface area contributed by atoms with E-state index in [1.54, 1.807) is 0 Å². The largest absolute Gasteiger partial charge is 0.0622 e. The summed E-state index contributed by atoms with van der Waals surface area (Å²) in [6, 6.07) is 42.0. The lowest BCUT2D eigenvalue weighted by atomic mass is 9.84. The lowest BCUT2D eigenvalue weighted by Crippen LogP contribution is -1.94. The maximum atomic E-state index is 2.34. The number of hydrogen-bond donors (Lipinski definition) is 0. The fraction of sp³-hybridized carbons (Fsp3) is 0.0625. The second-order valence-electron chi connectivity index (χ2n) is 8.38. The molecule has 0 saturated heterocycles. The van der Waals surface area contributed by atoms with Gasteiger partial charge in [-0.25, -0.2) is 0 Å². The van der Waals surface area contributed by atoms with E-state index in [1.807, 2.05) is 0 Å². The molecule has 0 radical (unpaired) electrons. The fourth-order valence-corrected chi connectivity index (χ4v) is 5.22. The highest BCUT2D eigenvalue weighted by molar-refractivity contribution is 6.31. The zero-order chi connectivity index (χ0) is 21.5. The summed E-state index contributed by atoms with van der Waals surface area (Å²) in [6.07, 6.45) is 1.00. The molecular formula is C32H24. The Morgan fingerprint density at radius 2 is 1.00 bits per heavy atom. The van der Waals surface area contributed by atoms with Crippen molar-refractivity contribution in [2.75, 3.05) is 0 Å². The molecule has 6 aromatic carbocycles. The first-order valence-corrected chi connectivity index (χ1v) is 11.4. The molecule has 0 saturated carbocycles. The Kier molecular flexibility index (Phi) is 4.51. The summed E-state index contributed by atoms with van der Waals surface area (Å²) < 4.78 is 0. The maximum absolute atomic E-state index is 2.34. The lowest BCUT2D eigenvalue weighted by molar-refractivity contribution is 1.15. The van der Waals surface area contributed by atoms with Gasteiger partial charge in [-0.2, -0.15) is 0 Å². The van der Waals surface area contributed by atoms with Crippen LogP contribution in [0.25, 0.3) is 54.6 Å². The molecule has 152 valence electrons. The molecule has 0 aliphatic heterocycles. The van der Waals surface area contributed by atoms with E-state index in [2.05, 4.69) is 122 Å². The number of benzene rings is 6. The van der Waals surface area contributed by atoms with E-state index in [0.29, 0.717) is 0 Å². The lowest BCUT2D eigenvalue weighted by Gasteiger charge is -2.19. The van der Waals surface area contributed by atoms with E-state index in [0.717, 1.165) is 6.42 Å². The summed E-state index contributed by atoms with van der Waals surface area (Å²) in [7, 11) is 0. The summed E-state index contributed by atoms with van der Waals surface area (Å²) in [5, 5.41) is 7.99. The minimum atomic E-state index is 1.00. The number of fused-ring (bicyclic) bond motifs is 6. The summed E-state index contributed by atoms with van der Waals surface area (Å²) in [5.41, 5.74) is 6.60. The van der Waals surface area contributed by atoms with E-state index in [4.69, 9.17) is 0 Å². The Bertz CT molecular complexity index is 1580. The van der Waals surface area contributed by atoms with Gasteiger partial charge in [-0.15, -0.1) is 0 Å². The highest BCUT2D eigenvalue weighted by Gasteiger charge is 2.18. The average molecular weight is 409 g/mol. The first-order chi connectivity index (χ1) is 15.9. The van der Waals surface area contributed by atoms with Gasteiger partial charge in [0.25, 0.3) is 0 Å². The van der Waals surface area contributed by atoms with Gasteiger partial charge in [0.1, 0.15) is 0 Å². The van der Waals surface area contributed by atoms with Crippen molar-refractivity contribution < 1.29 is 0 Å². The van der Waals surface area contributed by atoms with Crippen LogP contribution in [0.1, 0.15) is 12.5 Å². The standard InChI is InChI=1S/C32H24/c1-2-22-20-21-29-27-17-10-9-16-26(27)28-19-11-18-25(23-12-5-3-6-13-23)31(28)32(29)30(22)24-14-7-4-8-15-24/h3-21H,2H2,1H3. The van der Waals surface area contributed by atoms with Crippen molar-refractivity contribution in [2.45, 2.75) is 13.3 Å². The Balaban J connectivity index is 1.93. The topological polar surface area (TPSA) is 0 Å². The van der Waals surface area contributed by atoms with Crippen LogP contribution in [0.15, 0.2) is 115 Å². The van der Waals surface area contributed by atoms with Gasteiger partial charge in [-0.3, -0.25) is 0 Å². The van der Waals surface area contributed by atoms with E-state index >= 15 is 0 Å². The molecule has 0 unspecified atom stereocenters. The molecule has 0 amide bonds. The summed E-state index contributed by atoms with van der Waals surface area (Å²) in [5.74, 6) is 0. The molecule has 0 bridgehead atoms. The molecule has 0 spiro atoms. The van der Waals surface area contributed by atoms with Crippen molar-refractivity contribution in [1.82, 2.24) is 0 Å². The summed E-state index contributed by atoms with van der Waals surface area (Å²) in [6.45, 7) is 2.26. The van der Waals surface area contributed by atoms with E-state index in [-0.39, 0.29) is 0 Å². The van der Waals surface area contributed by atoms with Gasteiger partial charge in [-0.05, 0) is 66.6 Å². The van der Waals surface area contributed by atoms with Gasteiger partial charge in [0.2, 0.25) is 0 Å². The molecule has 0 N–H and O–H groups in total. The third-order valence-corrected chi connectivity index (χ3v) is 6.64. The third kappa shape index (κ3) is 2.84. The molecule has 0 aliphatic rings. The van der Waals surface area contributed by atoms with Crippen LogP contribution in [-0.2, 0) is 6.42 Å². The molecule has 0 heterocycles. The Labute approximate surface area is 188 Å². The van der Waals surface area contributed by atoms with Gasteiger partial charge in [0.15, 0.2) is 0 Å². The average Bonchev–Trinajstić information content (AvgIpc) is 2.88. The van der Waals surface area contributed by atoms with Crippen LogP contribution >= 0.6 is 0 Å². The van der Waals surface area contributed by atoms with Crippen molar-refractivity contribution in [2.24, 2.45) is 0 Å². The molecule has 32 heavy (non-hydrogen) atoms. The zero-order valence-corrected chi connectivity index (χ0v) is 18.2. The fourth-order valence-electron chi connectivity index (χ4n) is 5.22. The summed E-state index contributed by atoms with van der Waals surface area (Å²) in [4.78, 5) is 0. The van der Waals surface area contributed by atoms with Crippen molar-refractivity contribution in [3.8, 4) is 22.3 Å². The molecule has 0 aliphatic carbocycles. The first kappa shape index (κ1) is 18.8. The van der Waals surface area contributed by atoms with Crippen LogP contribution in [0, 0.1) is 0 Å². The summed E-state index contributed by atoms with van der Waals surface area (Å²) >= 11 is 0. The first-order valence-electron chi connectivity index (χ1n) is 11.4. The SMILES string of the molecule is CCc1ccc2c3ccccc3c3cccc(-c4ccccc4)c3c2c1-c1ccccc1. The normalized spacial score (nSPS) is 11.4. The monoisotopic (exact) mass is 408 g/mol. The Morgan fingerprint density at radius 3 is 1.66 bits per heavy atom. The molecule has 6 rings (SSSR count). The highest BCUT2D eigenvalue weighted by atomic mass is 14.2. The highest BCUT2D eigenvalue weighted by Crippen LogP contribution is 2.45. The third-order valence-electron chi connectivity index (χ3n) is 6.64. The molecule has 0 atom stereocenters. The predicted octanol–water partition coefficient (Wildman–Crippen LogP) is 9.04. The van der Waals surface area contributed by atoms with E-state index in [9.17, 15) is 0 Å². The number of rotatable bonds is 3. The molecule has 0 heteroatoms. The molecular weight excluding hydrogens is 384 g/mol.